The molecular formula is C14H29N3O3S. The molecule has 1 aliphatic rings. The quantitative estimate of drug-likeness (QED) is 0.826. The molecule has 0 radical (unpaired) electrons. The van der Waals surface area contributed by atoms with Gasteiger partial charge in [0.15, 0.2) is 0 Å². The first-order valence-electron chi connectivity index (χ1n) is 7.41. The molecule has 0 aromatic rings. The van der Waals surface area contributed by atoms with Crippen molar-refractivity contribution >= 4 is 15.9 Å². The monoisotopic (exact) mass is 319 g/mol. The van der Waals surface area contributed by atoms with E-state index >= 15 is 0 Å². The maximum atomic E-state index is 12.2. The van der Waals surface area contributed by atoms with Gasteiger partial charge in [-0.2, -0.15) is 0 Å². The van der Waals surface area contributed by atoms with E-state index in [0.29, 0.717) is 0 Å². The zero-order chi connectivity index (χ0) is 16.4. The summed E-state index contributed by atoms with van der Waals surface area (Å²) in [5, 5.41) is 2.99. The van der Waals surface area contributed by atoms with Gasteiger partial charge in [0.05, 0.1) is 12.3 Å². The number of hydrogen-bond acceptors (Lipinski definition) is 4. The van der Waals surface area contributed by atoms with Crippen molar-refractivity contribution in [3.63, 3.8) is 0 Å². The molecule has 6 nitrogen and oxygen atoms in total. The number of carbonyl (C=O) groups excluding carboxylic acids is 1. The number of carbonyl (C=O) groups is 1. The lowest BCUT2D eigenvalue weighted by molar-refractivity contribution is -0.127. The topological polar surface area (TPSA) is 69.7 Å². The summed E-state index contributed by atoms with van der Waals surface area (Å²) in [6, 6.07) is -0.150. The molecule has 0 spiro atoms. The van der Waals surface area contributed by atoms with Gasteiger partial charge in [0.2, 0.25) is 15.9 Å². The van der Waals surface area contributed by atoms with Crippen molar-refractivity contribution in [2.45, 2.75) is 58.2 Å². The zero-order valence-corrected chi connectivity index (χ0v) is 14.8. The summed E-state index contributed by atoms with van der Waals surface area (Å²) in [4.78, 5) is 14.3. The highest BCUT2D eigenvalue weighted by Crippen LogP contribution is 2.19. The van der Waals surface area contributed by atoms with Crippen molar-refractivity contribution < 1.29 is 13.2 Å². The first-order chi connectivity index (χ1) is 9.42. The second-order valence-corrected chi connectivity index (χ2v) is 9.00. The molecule has 1 unspecified atom stereocenters. The molecule has 21 heavy (non-hydrogen) atoms. The van der Waals surface area contributed by atoms with Crippen LogP contribution in [-0.2, 0) is 14.8 Å². The normalized spacial score (nSPS) is 20.5. The number of sulfonamides is 1. The predicted octanol–water partition coefficient (Wildman–Crippen LogP) is 0.645. The van der Waals surface area contributed by atoms with Crippen LogP contribution in [0.4, 0.5) is 0 Å². The standard InChI is InChI=1S/C14H29N3O3S/c1-11(13(18)15-14(2,3)4)17-9-7-12(8-10-17)16(5)21(6,19)20/h11-12H,7-10H2,1-6H3,(H,15,18). The summed E-state index contributed by atoms with van der Waals surface area (Å²) in [5.41, 5.74) is -0.236. The van der Waals surface area contributed by atoms with Crippen LogP contribution in [0.15, 0.2) is 0 Å². The summed E-state index contributed by atoms with van der Waals surface area (Å²) in [5.74, 6) is 0.0254. The van der Waals surface area contributed by atoms with E-state index in [1.165, 1.54) is 10.6 Å². The third-order valence-corrected chi connectivity index (χ3v) is 5.31. The first kappa shape index (κ1) is 18.4. The van der Waals surface area contributed by atoms with Crippen LogP contribution in [0, 0.1) is 0 Å². The van der Waals surface area contributed by atoms with Gasteiger partial charge in [-0.15, -0.1) is 0 Å². The van der Waals surface area contributed by atoms with E-state index < -0.39 is 10.0 Å². The predicted molar refractivity (Wildman–Crippen MR) is 84.6 cm³/mol. The van der Waals surface area contributed by atoms with E-state index in [1.54, 1.807) is 7.05 Å². The highest BCUT2D eigenvalue weighted by Gasteiger charge is 2.31. The molecule has 1 atom stereocenters. The molecule has 0 saturated carbocycles. The Morgan fingerprint density at radius 2 is 1.76 bits per heavy atom. The zero-order valence-electron chi connectivity index (χ0n) is 14.0. The minimum atomic E-state index is -3.15. The molecule has 124 valence electrons. The second kappa shape index (κ2) is 6.62. The average molecular weight is 319 g/mol. The van der Waals surface area contributed by atoms with Gasteiger partial charge in [0.25, 0.3) is 0 Å². The largest absolute Gasteiger partial charge is 0.350 e. The van der Waals surface area contributed by atoms with Crippen molar-refractivity contribution in [1.29, 1.82) is 0 Å². The Bertz CT molecular complexity index is 462. The molecule has 1 saturated heterocycles. The van der Waals surface area contributed by atoms with Crippen molar-refractivity contribution in [3.8, 4) is 0 Å². The van der Waals surface area contributed by atoms with Gasteiger partial charge in [-0.05, 0) is 40.5 Å². The average Bonchev–Trinajstić information content (AvgIpc) is 2.34. The Balaban J connectivity index is 2.55. The van der Waals surface area contributed by atoms with E-state index in [9.17, 15) is 13.2 Å². The first-order valence-corrected chi connectivity index (χ1v) is 9.26. The van der Waals surface area contributed by atoms with Gasteiger partial charge >= 0.3 is 0 Å². The third kappa shape index (κ3) is 5.56. The smallest absolute Gasteiger partial charge is 0.237 e. The molecular weight excluding hydrogens is 290 g/mol. The van der Waals surface area contributed by atoms with Gasteiger partial charge in [-0.3, -0.25) is 9.69 Å². The molecule has 1 amide bonds. The summed E-state index contributed by atoms with van der Waals surface area (Å²) in [6.07, 6.45) is 2.76. The molecule has 1 N–H and O–H groups in total. The Labute approximate surface area is 128 Å². The Hall–Kier alpha value is -0.660. The number of amides is 1. The Morgan fingerprint density at radius 1 is 1.29 bits per heavy atom. The molecule has 1 rings (SSSR count). The van der Waals surface area contributed by atoms with Crippen LogP contribution in [0.2, 0.25) is 0 Å². The van der Waals surface area contributed by atoms with Crippen LogP contribution >= 0.6 is 0 Å². The second-order valence-electron chi connectivity index (χ2n) is 6.96. The van der Waals surface area contributed by atoms with Gasteiger partial charge in [-0.1, -0.05) is 0 Å². The molecule has 0 aromatic heterocycles. The lowest BCUT2D eigenvalue weighted by atomic mass is 10.0. The molecule has 0 aliphatic carbocycles. The fourth-order valence-electron chi connectivity index (χ4n) is 2.55. The highest BCUT2D eigenvalue weighted by molar-refractivity contribution is 7.88. The van der Waals surface area contributed by atoms with E-state index in [-0.39, 0.29) is 23.5 Å². The number of likely N-dealkylation sites (tertiary alicyclic amines) is 1. The highest BCUT2D eigenvalue weighted by atomic mass is 32.2. The summed E-state index contributed by atoms with van der Waals surface area (Å²) in [7, 11) is -1.51. The number of nitrogens with one attached hydrogen (secondary N) is 1. The van der Waals surface area contributed by atoms with Gasteiger partial charge in [0.1, 0.15) is 0 Å². The van der Waals surface area contributed by atoms with Crippen LogP contribution in [0.5, 0.6) is 0 Å². The van der Waals surface area contributed by atoms with Gasteiger partial charge < -0.3 is 5.32 Å². The fraction of sp³-hybridized carbons (Fsp3) is 0.929. The minimum Gasteiger partial charge on any atom is -0.350 e. The minimum absolute atomic E-state index is 0.0254. The SMILES string of the molecule is CC(C(=O)NC(C)(C)C)N1CCC(N(C)S(C)(=O)=O)CC1. The van der Waals surface area contributed by atoms with Crippen molar-refractivity contribution in [1.82, 2.24) is 14.5 Å². The maximum absolute atomic E-state index is 12.2. The Kier molecular flexibility index (Phi) is 5.80. The maximum Gasteiger partial charge on any atom is 0.237 e. The number of nitrogens with zero attached hydrogens (tertiary/aromatic N) is 2. The molecule has 0 bridgehead atoms. The van der Waals surface area contributed by atoms with Crippen molar-refractivity contribution in [3.05, 3.63) is 0 Å². The van der Waals surface area contributed by atoms with Crippen LogP contribution in [0.1, 0.15) is 40.5 Å². The number of rotatable bonds is 4. The third-order valence-electron chi connectivity index (χ3n) is 3.96. The summed E-state index contributed by atoms with van der Waals surface area (Å²) < 4.78 is 24.6. The van der Waals surface area contributed by atoms with Crippen LogP contribution in [0.25, 0.3) is 0 Å². The van der Waals surface area contributed by atoms with Crippen LogP contribution in [0.3, 0.4) is 0 Å². The van der Waals surface area contributed by atoms with Crippen molar-refractivity contribution in [2.75, 3.05) is 26.4 Å². The van der Waals surface area contributed by atoms with Crippen molar-refractivity contribution in [2.24, 2.45) is 0 Å². The van der Waals surface area contributed by atoms with Gasteiger partial charge in [0, 0.05) is 31.7 Å². The lowest BCUT2D eigenvalue weighted by Crippen LogP contribution is -2.54. The van der Waals surface area contributed by atoms with Crippen LogP contribution < -0.4 is 5.32 Å². The molecule has 1 heterocycles. The Morgan fingerprint density at radius 3 is 2.14 bits per heavy atom. The van der Waals surface area contributed by atoms with E-state index in [1.807, 2.05) is 27.7 Å². The molecule has 7 heteroatoms. The molecule has 1 aliphatic heterocycles. The van der Waals surface area contributed by atoms with E-state index in [0.717, 1.165) is 25.9 Å². The molecule has 0 aromatic carbocycles. The number of hydrogen-bond donors (Lipinski definition) is 1. The number of piperidine rings is 1. The lowest BCUT2D eigenvalue weighted by Gasteiger charge is -2.38. The fourth-order valence-corrected chi connectivity index (χ4v) is 3.30. The summed E-state index contributed by atoms with van der Waals surface area (Å²) >= 11 is 0. The van der Waals surface area contributed by atoms with E-state index in [2.05, 4.69) is 10.2 Å². The van der Waals surface area contributed by atoms with Gasteiger partial charge in [-0.25, -0.2) is 12.7 Å². The molecule has 1 fully saturated rings. The van der Waals surface area contributed by atoms with E-state index in [4.69, 9.17) is 0 Å². The van der Waals surface area contributed by atoms with Crippen LogP contribution in [-0.4, -0.2) is 67.5 Å². The summed E-state index contributed by atoms with van der Waals surface area (Å²) in [6.45, 7) is 9.27.